The lowest BCUT2D eigenvalue weighted by Crippen LogP contribution is -2.39. The van der Waals surface area contributed by atoms with Gasteiger partial charge in [0, 0.05) is 50.8 Å². The predicted molar refractivity (Wildman–Crippen MR) is 124 cm³/mol. The Hall–Kier alpha value is -2.24. The number of ether oxygens (including phenoxy) is 3. The Balaban J connectivity index is 0.00000420. The van der Waals surface area contributed by atoms with Crippen LogP contribution in [-0.4, -0.2) is 62.2 Å². The number of methoxy groups -OCH3 is 3. The van der Waals surface area contributed by atoms with Gasteiger partial charge in [-0.1, -0.05) is 6.92 Å². The zero-order valence-corrected chi connectivity index (χ0v) is 20.0. The summed E-state index contributed by atoms with van der Waals surface area (Å²) < 4.78 is 18.3. The number of benzene rings is 1. The van der Waals surface area contributed by atoms with Gasteiger partial charge >= 0.3 is 0 Å². The van der Waals surface area contributed by atoms with E-state index in [1.165, 1.54) is 0 Å². The smallest absolute Gasteiger partial charge is 0.191 e. The molecule has 0 radical (unpaired) electrons. The Kier molecular flexibility index (Phi) is 11.2. The average Bonchev–Trinajstić information content (AvgIpc) is 3.19. The molecule has 2 N–H and O–H groups in total. The second-order valence-corrected chi connectivity index (χ2v) is 5.98. The number of nitrogens with one attached hydrogen (secondary N) is 2. The summed E-state index contributed by atoms with van der Waals surface area (Å²) in [4.78, 5) is 4.26. The number of hydrogen-bond acceptors (Lipinski definition) is 6. The molecule has 9 nitrogen and oxygen atoms in total. The van der Waals surface area contributed by atoms with E-state index in [9.17, 15) is 0 Å². The fourth-order valence-corrected chi connectivity index (χ4v) is 2.88. The molecule has 0 bridgehead atoms. The first kappa shape index (κ1) is 24.8. The maximum atomic E-state index is 5.49. The van der Waals surface area contributed by atoms with Crippen LogP contribution < -0.4 is 24.8 Å². The van der Waals surface area contributed by atoms with E-state index in [4.69, 9.17) is 14.2 Å². The van der Waals surface area contributed by atoms with Crippen LogP contribution in [0.5, 0.6) is 17.2 Å². The maximum Gasteiger partial charge on any atom is 0.191 e. The first-order chi connectivity index (χ1) is 13.7. The molecule has 0 amide bonds. The van der Waals surface area contributed by atoms with Gasteiger partial charge in [-0.05, 0) is 6.42 Å². The molecular weight excluding hydrogens is 487 g/mol. The Morgan fingerprint density at radius 3 is 2.28 bits per heavy atom. The molecule has 1 aromatic heterocycles. The molecule has 0 atom stereocenters. The highest BCUT2D eigenvalue weighted by atomic mass is 127. The van der Waals surface area contributed by atoms with Crippen molar-refractivity contribution in [1.82, 2.24) is 25.4 Å². The normalized spacial score (nSPS) is 10.9. The minimum atomic E-state index is 0. The summed E-state index contributed by atoms with van der Waals surface area (Å²) >= 11 is 0. The summed E-state index contributed by atoms with van der Waals surface area (Å²) in [5, 5.41) is 14.6. The molecule has 0 aliphatic heterocycles. The summed E-state index contributed by atoms with van der Waals surface area (Å²) in [6.07, 6.45) is 3.32. The van der Waals surface area contributed by atoms with Crippen molar-refractivity contribution in [2.45, 2.75) is 26.3 Å². The van der Waals surface area contributed by atoms with Gasteiger partial charge in [-0.2, -0.15) is 0 Å². The van der Waals surface area contributed by atoms with Gasteiger partial charge in [0.05, 0.1) is 21.3 Å². The van der Waals surface area contributed by atoms with Crippen LogP contribution in [0, 0.1) is 0 Å². The minimum absolute atomic E-state index is 0. The highest BCUT2D eigenvalue weighted by molar-refractivity contribution is 14.0. The summed E-state index contributed by atoms with van der Waals surface area (Å²) in [7, 11) is 6.65. The highest BCUT2D eigenvalue weighted by Crippen LogP contribution is 2.34. The number of rotatable bonds is 10. The van der Waals surface area contributed by atoms with Crippen molar-refractivity contribution in [1.29, 1.82) is 0 Å². The Bertz CT molecular complexity index is 756. The Labute approximate surface area is 189 Å². The minimum Gasteiger partial charge on any atom is -0.496 e. The van der Waals surface area contributed by atoms with Gasteiger partial charge in [0.1, 0.15) is 29.4 Å². The zero-order valence-electron chi connectivity index (χ0n) is 17.7. The number of aromatic nitrogens is 3. The fraction of sp³-hybridized carbons (Fsp3) is 0.526. The van der Waals surface area contributed by atoms with Crippen molar-refractivity contribution >= 4 is 29.9 Å². The molecule has 0 unspecified atom stereocenters. The molecule has 29 heavy (non-hydrogen) atoms. The monoisotopic (exact) mass is 518 g/mol. The highest BCUT2D eigenvalue weighted by Gasteiger charge is 2.13. The Morgan fingerprint density at radius 2 is 1.72 bits per heavy atom. The number of guanidine groups is 1. The van der Waals surface area contributed by atoms with Crippen molar-refractivity contribution in [2.75, 3.05) is 41.5 Å². The van der Waals surface area contributed by atoms with E-state index < -0.39 is 0 Å². The van der Waals surface area contributed by atoms with Crippen LogP contribution in [-0.2, 0) is 19.4 Å². The number of hydrogen-bond donors (Lipinski definition) is 2. The van der Waals surface area contributed by atoms with Crippen LogP contribution in [0.15, 0.2) is 23.5 Å². The van der Waals surface area contributed by atoms with E-state index >= 15 is 0 Å². The van der Waals surface area contributed by atoms with Crippen molar-refractivity contribution < 1.29 is 14.2 Å². The number of aryl methyl sites for hydroxylation is 1. The zero-order chi connectivity index (χ0) is 20.4. The van der Waals surface area contributed by atoms with Crippen molar-refractivity contribution in [2.24, 2.45) is 4.99 Å². The lowest BCUT2D eigenvalue weighted by atomic mass is 10.1. The van der Waals surface area contributed by atoms with E-state index in [-0.39, 0.29) is 24.0 Å². The molecule has 0 aliphatic carbocycles. The first-order valence-electron chi connectivity index (χ1n) is 9.26. The summed E-state index contributed by atoms with van der Waals surface area (Å²) in [6.45, 7) is 4.23. The third kappa shape index (κ3) is 6.94. The van der Waals surface area contributed by atoms with Crippen LogP contribution in [0.3, 0.4) is 0 Å². The van der Waals surface area contributed by atoms with Gasteiger partial charge in [-0.15, -0.1) is 34.2 Å². The van der Waals surface area contributed by atoms with Gasteiger partial charge in [0.15, 0.2) is 5.96 Å². The molecule has 0 spiro atoms. The van der Waals surface area contributed by atoms with Gasteiger partial charge in [0.25, 0.3) is 0 Å². The number of aliphatic imine (C=N–C) groups is 1. The molecule has 1 aromatic carbocycles. The Morgan fingerprint density at radius 1 is 1.07 bits per heavy atom. The molecule has 10 heteroatoms. The lowest BCUT2D eigenvalue weighted by molar-refractivity contribution is 0.368. The molecule has 1 heterocycles. The van der Waals surface area contributed by atoms with Crippen LogP contribution in [0.4, 0.5) is 0 Å². The SMILES string of the molecule is CCc1nncn1CCNC(=NC)NCCc1c(OC)cc(OC)cc1OC.I. The quantitative estimate of drug-likeness (QED) is 0.282. The van der Waals surface area contributed by atoms with Gasteiger partial charge < -0.3 is 29.4 Å². The maximum absolute atomic E-state index is 5.49. The van der Waals surface area contributed by atoms with Crippen LogP contribution in [0.25, 0.3) is 0 Å². The summed E-state index contributed by atoms with van der Waals surface area (Å²) in [5.74, 6) is 3.88. The number of halogens is 1. The molecule has 162 valence electrons. The number of nitrogens with zero attached hydrogens (tertiary/aromatic N) is 4. The molecular formula is C19H31IN6O3. The van der Waals surface area contributed by atoms with E-state index in [0.29, 0.717) is 18.7 Å². The third-order valence-electron chi connectivity index (χ3n) is 4.37. The van der Waals surface area contributed by atoms with E-state index in [0.717, 1.165) is 48.4 Å². The van der Waals surface area contributed by atoms with Crippen LogP contribution in [0.2, 0.25) is 0 Å². The predicted octanol–water partition coefficient (Wildman–Crippen LogP) is 1.89. The largest absolute Gasteiger partial charge is 0.496 e. The summed E-state index contributed by atoms with van der Waals surface area (Å²) in [6, 6.07) is 3.71. The van der Waals surface area contributed by atoms with E-state index in [2.05, 4.69) is 32.7 Å². The molecule has 0 fully saturated rings. The summed E-state index contributed by atoms with van der Waals surface area (Å²) in [5.41, 5.74) is 0.978. The molecule has 0 saturated heterocycles. The molecule has 2 aromatic rings. The van der Waals surface area contributed by atoms with E-state index in [1.54, 1.807) is 34.7 Å². The van der Waals surface area contributed by atoms with Crippen molar-refractivity contribution in [3.8, 4) is 17.2 Å². The fourth-order valence-electron chi connectivity index (χ4n) is 2.88. The second-order valence-electron chi connectivity index (χ2n) is 5.98. The van der Waals surface area contributed by atoms with Gasteiger partial charge in [-0.3, -0.25) is 4.99 Å². The topological polar surface area (TPSA) is 94.8 Å². The van der Waals surface area contributed by atoms with Crippen LogP contribution >= 0.6 is 24.0 Å². The van der Waals surface area contributed by atoms with E-state index in [1.807, 2.05) is 16.7 Å². The first-order valence-corrected chi connectivity index (χ1v) is 9.26. The van der Waals surface area contributed by atoms with Gasteiger partial charge in [-0.25, -0.2) is 0 Å². The average molecular weight is 518 g/mol. The lowest BCUT2D eigenvalue weighted by Gasteiger charge is -2.16. The third-order valence-corrected chi connectivity index (χ3v) is 4.37. The van der Waals surface area contributed by atoms with Gasteiger partial charge in [0.2, 0.25) is 0 Å². The molecule has 2 rings (SSSR count). The van der Waals surface area contributed by atoms with Crippen molar-refractivity contribution in [3.63, 3.8) is 0 Å². The second kappa shape index (κ2) is 13.1. The van der Waals surface area contributed by atoms with Crippen molar-refractivity contribution in [3.05, 3.63) is 29.8 Å². The molecule has 0 aliphatic rings. The standard InChI is InChI=1S/C19H30N6O3.HI/c1-6-18-24-23-13-25(18)10-9-22-19(20-2)21-8-7-15-16(27-4)11-14(26-3)12-17(15)28-5;/h11-13H,6-10H2,1-5H3,(H2,20,21,22);1H. The molecule has 0 saturated carbocycles. The van der Waals surface area contributed by atoms with Crippen LogP contribution in [0.1, 0.15) is 18.3 Å².